The molecule has 0 bridgehead atoms. The topological polar surface area (TPSA) is 26.0 Å². The first-order valence-corrected chi connectivity index (χ1v) is 9.68. The Hall–Kier alpha value is -1.35. The van der Waals surface area contributed by atoms with Crippen LogP contribution in [-0.4, -0.2) is 13.1 Å². The van der Waals surface area contributed by atoms with Gasteiger partial charge in [0.25, 0.3) is 0 Å². The molecule has 1 heterocycles. The molecule has 17 heavy (non-hydrogen) atoms. The van der Waals surface area contributed by atoms with E-state index in [-0.39, 0.29) is 0 Å². The standard InChI is InChI=1S/C14H19NOSi/c1-11-15-14(12-8-6-5-7-9-12)13(16-11)10-17(2,3)4/h5-9H,10H2,1-4H3. The molecule has 0 N–H and O–H groups in total. The minimum atomic E-state index is -1.18. The molecular weight excluding hydrogens is 226 g/mol. The van der Waals surface area contributed by atoms with Gasteiger partial charge in [0, 0.05) is 18.5 Å². The van der Waals surface area contributed by atoms with Crippen LogP contribution in [0.1, 0.15) is 11.7 Å². The molecule has 0 aliphatic rings. The lowest BCUT2D eigenvalue weighted by Crippen LogP contribution is -2.23. The van der Waals surface area contributed by atoms with E-state index in [1.165, 1.54) is 0 Å². The minimum absolute atomic E-state index is 0.761. The molecule has 2 aromatic rings. The normalized spacial score (nSPS) is 11.8. The molecule has 0 unspecified atom stereocenters. The van der Waals surface area contributed by atoms with Crippen LogP contribution in [-0.2, 0) is 6.04 Å². The zero-order chi connectivity index (χ0) is 12.5. The quantitative estimate of drug-likeness (QED) is 0.762. The van der Waals surface area contributed by atoms with E-state index in [9.17, 15) is 0 Å². The third kappa shape index (κ3) is 3.06. The molecule has 90 valence electrons. The van der Waals surface area contributed by atoms with Crippen LogP contribution < -0.4 is 0 Å². The Morgan fingerprint density at radius 1 is 1.12 bits per heavy atom. The van der Waals surface area contributed by atoms with E-state index in [4.69, 9.17) is 4.42 Å². The Labute approximate surface area is 104 Å². The van der Waals surface area contributed by atoms with E-state index in [1.807, 2.05) is 25.1 Å². The highest BCUT2D eigenvalue weighted by atomic mass is 28.3. The van der Waals surface area contributed by atoms with E-state index < -0.39 is 8.07 Å². The lowest BCUT2D eigenvalue weighted by molar-refractivity contribution is 0.489. The summed E-state index contributed by atoms with van der Waals surface area (Å²) in [5, 5.41) is 0. The largest absolute Gasteiger partial charge is 0.446 e. The molecule has 0 saturated heterocycles. The van der Waals surface area contributed by atoms with Crippen LogP contribution in [0.4, 0.5) is 0 Å². The number of hydrogen-bond acceptors (Lipinski definition) is 2. The first-order chi connectivity index (χ1) is 7.96. The molecule has 2 rings (SSSR count). The van der Waals surface area contributed by atoms with Crippen molar-refractivity contribution in [2.24, 2.45) is 0 Å². The molecule has 3 heteroatoms. The van der Waals surface area contributed by atoms with E-state index in [2.05, 4.69) is 36.8 Å². The predicted molar refractivity (Wildman–Crippen MR) is 73.7 cm³/mol. The maximum Gasteiger partial charge on any atom is 0.191 e. The molecule has 2 nitrogen and oxygen atoms in total. The van der Waals surface area contributed by atoms with Crippen molar-refractivity contribution in [2.45, 2.75) is 32.6 Å². The van der Waals surface area contributed by atoms with Crippen molar-refractivity contribution in [2.75, 3.05) is 0 Å². The molecule has 0 aliphatic heterocycles. The second-order valence-electron chi connectivity index (χ2n) is 5.61. The van der Waals surface area contributed by atoms with Crippen LogP contribution in [0.2, 0.25) is 19.6 Å². The molecule has 0 saturated carbocycles. The van der Waals surface area contributed by atoms with Gasteiger partial charge in [0.05, 0.1) is 8.07 Å². The number of nitrogens with zero attached hydrogens (tertiary/aromatic N) is 1. The summed E-state index contributed by atoms with van der Waals surface area (Å²) in [6.45, 7) is 8.96. The summed E-state index contributed by atoms with van der Waals surface area (Å²) in [6, 6.07) is 11.3. The summed E-state index contributed by atoms with van der Waals surface area (Å²) in [4.78, 5) is 4.52. The molecule has 1 aromatic heterocycles. The summed E-state index contributed by atoms with van der Waals surface area (Å²) in [5.41, 5.74) is 2.17. The first-order valence-electron chi connectivity index (χ1n) is 5.97. The lowest BCUT2D eigenvalue weighted by Gasteiger charge is -2.14. The third-order valence-electron chi connectivity index (χ3n) is 2.54. The fraction of sp³-hybridized carbons (Fsp3) is 0.357. The second kappa shape index (κ2) is 4.49. The summed E-state index contributed by atoms with van der Waals surface area (Å²) in [5.74, 6) is 1.81. The summed E-state index contributed by atoms with van der Waals surface area (Å²) < 4.78 is 5.77. The first kappa shape index (κ1) is 12.1. The highest BCUT2D eigenvalue weighted by Crippen LogP contribution is 2.26. The monoisotopic (exact) mass is 245 g/mol. The average Bonchev–Trinajstić information content (AvgIpc) is 2.58. The number of aryl methyl sites for hydroxylation is 1. The number of rotatable bonds is 3. The van der Waals surface area contributed by atoms with E-state index in [0.717, 1.165) is 29.0 Å². The SMILES string of the molecule is Cc1nc(-c2ccccc2)c(C[Si](C)(C)C)o1. The Morgan fingerprint density at radius 3 is 2.35 bits per heavy atom. The Balaban J connectivity index is 2.41. The van der Waals surface area contributed by atoms with Crippen molar-refractivity contribution in [3.05, 3.63) is 42.0 Å². The van der Waals surface area contributed by atoms with Crippen molar-refractivity contribution >= 4 is 8.07 Å². The van der Waals surface area contributed by atoms with Crippen molar-refractivity contribution in [3.63, 3.8) is 0 Å². The second-order valence-corrected chi connectivity index (χ2v) is 11.1. The van der Waals surface area contributed by atoms with Gasteiger partial charge in [-0.25, -0.2) is 4.98 Å². The Bertz CT molecular complexity index is 497. The van der Waals surface area contributed by atoms with E-state index in [0.29, 0.717) is 0 Å². The number of benzene rings is 1. The average molecular weight is 245 g/mol. The molecule has 0 radical (unpaired) electrons. The van der Waals surface area contributed by atoms with E-state index in [1.54, 1.807) is 0 Å². The van der Waals surface area contributed by atoms with Gasteiger partial charge in [0.15, 0.2) is 5.89 Å². The summed E-state index contributed by atoms with van der Waals surface area (Å²) in [7, 11) is -1.18. The molecule has 0 aliphatic carbocycles. The number of oxazole rings is 1. The van der Waals surface area contributed by atoms with Gasteiger partial charge in [-0.15, -0.1) is 0 Å². The van der Waals surface area contributed by atoms with Gasteiger partial charge in [-0.05, 0) is 0 Å². The van der Waals surface area contributed by atoms with Crippen molar-refractivity contribution in [1.29, 1.82) is 0 Å². The van der Waals surface area contributed by atoms with Gasteiger partial charge in [0.1, 0.15) is 11.5 Å². The highest BCUT2D eigenvalue weighted by Gasteiger charge is 2.21. The number of hydrogen-bond donors (Lipinski definition) is 0. The predicted octanol–water partition coefficient (Wildman–Crippen LogP) is 4.07. The van der Waals surface area contributed by atoms with Gasteiger partial charge < -0.3 is 4.42 Å². The van der Waals surface area contributed by atoms with Crippen molar-refractivity contribution in [1.82, 2.24) is 4.98 Å². The maximum absolute atomic E-state index is 5.77. The molecule has 0 fully saturated rings. The van der Waals surface area contributed by atoms with Crippen LogP contribution in [0, 0.1) is 6.92 Å². The summed E-state index contributed by atoms with van der Waals surface area (Å²) >= 11 is 0. The molecule has 0 amide bonds. The fourth-order valence-corrected chi connectivity index (χ4v) is 3.10. The minimum Gasteiger partial charge on any atom is -0.446 e. The van der Waals surface area contributed by atoms with Crippen LogP contribution in [0.15, 0.2) is 34.7 Å². The molecular formula is C14H19NOSi. The lowest BCUT2D eigenvalue weighted by atomic mass is 10.1. The molecule has 1 aromatic carbocycles. The molecule has 0 spiro atoms. The van der Waals surface area contributed by atoms with Gasteiger partial charge in [-0.1, -0.05) is 50.0 Å². The molecule has 0 atom stereocenters. The van der Waals surface area contributed by atoms with Crippen LogP contribution in [0.5, 0.6) is 0 Å². The van der Waals surface area contributed by atoms with E-state index >= 15 is 0 Å². The Kier molecular flexibility index (Phi) is 3.20. The smallest absolute Gasteiger partial charge is 0.191 e. The van der Waals surface area contributed by atoms with Gasteiger partial charge >= 0.3 is 0 Å². The van der Waals surface area contributed by atoms with Gasteiger partial charge in [0.2, 0.25) is 0 Å². The maximum atomic E-state index is 5.77. The van der Waals surface area contributed by atoms with Crippen LogP contribution in [0.3, 0.4) is 0 Å². The van der Waals surface area contributed by atoms with Crippen LogP contribution in [0.25, 0.3) is 11.3 Å². The van der Waals surface area contributed by atoms with Gasteiger partial charge in [-0.2, -0.15) is 0 Å². The summed E-state index contributed by atoms with van der Waals surface area (Å²) in [6.07, 6.45) is 0. The van der Waals surface area contributed by atoms with Gasteiger partial charge in [-0.3, -0.25) is 0 Å². The fourth-order valence-electron chi connectivity index (χ4n) is 1.89. The van der Waals surface area contributed by atoms with Crippen molar-refractivity contribution < 1.29 is 4.42 Å². The Morgan fingerprint density at radius 2 is 1.76 bits per heavy atom. The third-order valence-corrected chi connectivity index (χ3v) is 3.92. The highest BCUT2D eigenvalue weighted by molar-refractivity contribution is 6.75. The zero-order valence-corrected chi connectivity index (χ0v) is 11.9. The van der Waals surface area contributed by atoms with Crippen LogP contribution >= 0.6 is 0 Å². The van der Waals surface area contributed by atoms with Crippen molar-refractivity contribution in [3.8, 4) is 11.3 Å². The number of aromatic nitrogens is 1. The zero-order valence-electron chi connectivity index (χ0n) is 10.9.